The van der Waals surface area contributed by atoms with Gasteiger partial charge in [-0.05, 0) is 71.8 Å². The molecule has 4 rings (SSSR count). The molecule has 0 radical (unpaired) electrons. The third kappa shape index (κ3) is 10.2. The van der Waals surface area contributed by atoms with Crippen LogP contribution in [0.5, 0.6) is 11.5 Å². The van der Waals surface area contributed by atoms with Crippen molar-refractivity contribution >= 4 is 75.8 Å². The molecule has 51 heavy (non-hydrogen) atoms. The van der Waals surface area contributed by atoms with Gasteiger partial charge in [0.25, 0.3) is 52.3 Å². The Morgan fingerprint density at radius 3 is 1.12 bits per heavy atom. The van der Waals surface area contributed by atoms with Crippen LogP contribution >= 0.6 is 0 Å². The predicted molar refractivity (Wildman–Crippen MR) is 173 cm³/mol. The van der Waals surface area contributed by atoms with Crippen LogP contribution in [0.25, 0.3) is 12.2 Å². The molecule has 0 aliphatic rings. The molecule has 0 heterocycles. The number of rotatable bonds is 10. The van der Waals surface area contributed by atoms with Crippen LogP contribution in [-0.2, 0) is 40.5 Å². The molecule has 0 bridgehead atoms. The van der Waals surface area contributed by atoms with Crippen LogP contribution in [0.1, 0.15) is 31.8 Å². The number of hydrogen-bond acceptors (Lipinski definition) is 12. The summed E-state index contributed by atoms with van der Waals surface area (Å²) in [6, 6.07) is 10.4. The quantitative estimate of drug-likeness (QED) is 0.0584. The van der Waals surface area contributed by atoms with Gasteiger partial charge in [0.05, 0.1) is 20.9 Å². The van der Waals surface area contributed by atoms with E-state index in [0.29, 0.717) is 12.1 Å². The maximum Gasteiger partial charge on any atom is 1.00 e. The summed E-state index contributed by atoms with van der Waals surface area (Å²) in [6.07, 6.45) is 1.99. The van der Waals surface area contributed by atoms with Crippen molar-refractivity contribution in [2.45, 2.75) is 19.6 Å². The van der Waals surface area contributed by atoms with Gasteiger partial charge < -0.3 is 20.8 Å². The molecule has 4 aromatic carbocycles. The molecule has 18 nitrogen and oxygen atoms in total. The van der Waals surface area contributed by atoms with Crippen molar-refractivity contribution in [2.24, 2.45) is 0 Å². The molecule has 0 spiro atoms. The van der Waals surface area contributed by atoms with Crippen LogP contribution in [0.15, 0.2) is 92.4 Å². The minimum absolute atomic E-state index is 0. The molecule has 2 amide bonds. The molecule has 23 heteroatoms. The number of aromatic hydroxyl groups is 2. The van der Waals surface area contributed by atoms with Crippen molar-refractivity contribution in [1.29, 1.82) is 0 Å². The molecule has 0 saturated heterocycles. The Hall–Kier alpha value is -4.20. The first-order valence-electron chi connectivity index (χ1n) is 13.1. The summed E-state index contributed by atoms with van der Waals surface area (Å²) in [5, 5.41) is 24.4. The van der Waals surface area contributed by atoms with E-state index in [1.165, 1.54) is 0 Å². The van der Waals surface area contributed by atoms with E-state index in [1.54, 1.807) is 0 Å². The van der Waals surface area contributed by atoms with Gasteiger partial charge in [-0.2, -0.15) is 33.7 Å². The van der Waals surface area contributed by atoms with Gasteiger partial charge in [0, 0.05) is 11.4 Å². The fraction of sp³-hybridized carbons (Fsp3) is 0. The fourth-order valence-electron chi connectivity index (χ4n) is 4.24. The van der Waals surface area contributed by atoms with Crippen LogP contribution < -0.4 is 40.2 Å². The van der Waals surface area contributed by atoms with Crippen LogP contribution in [-0.4, -0.2) is 73.9 Å². The second-order valence-corrected chi connectivity index (χ2v) is 15.6. The Kier molecular flexibility index (Phi) is 12.3. The first kappa shape index (κ1) is 41.2. The zero-order valence-corrected chi connectivity index (χ0v) is 30.7. The number of carbonyl (C=O) groups is 2. The molecule has 8 N–H and O–H groups in total. The predicted octanol–water partition coefficient (Wildman–Crippen LogP) is -0.236. The number of phenolic OH excluding ortho intramolecular Hbond substituents is 2. The van der Waals surface area contributed by atoms with Gasteiger partial charge in [-0.1, -0.05) is 24.3 Å². The molecule has 0 aliphatic heterocycles. The van der Waals surface area contributed by atoms with Crippen molar-refractivity contribution in [3.63, 3.8) is 0 Å². The molecule has 0 saturated carbocycles. The maximum atomic E-state index is 12.7. The van der Waals surface area contributed by atoms with E-state index in [9.17, 15) is 71.7 Å². The minimum atomic E-state index is -5.05. The summed E-state index contributed by atoms with van der Waals surface area (Å²) in [5.74, 6) is -3.70. The van der Waals surface area contributed by atoms with Gasteiger partial charge in [0.15, 0.2) is 0 Å². The van der Waals surface area contributed by atoms with Gasteiger partial charge in [-0.3, -0.25) is 27.8 Å². The fourth-order valence-corrected chi connectivity index (χ4v) is 6.67. The number of carbonyl (C=O) groups excluding carboxylic acids is 2. The van der Waals surface area contributed by atoms with Crippen molar-refractivity contribution < 1.29 is 101 Å². The Morgan fingerprint density at radius 1 is 0.490 bits per heavy atom. The number of anilines is 2. The number of phenols is 2. The standard InChI is InChI=1S/C28H22N2O16S4.Na/c31-23-9-7-19(47(35,36)37)13-21(23)27(33)29-17-5-3-15(25(11-17)49(41,42)43)1-2-16-4-6-18(12-26(16)50(44,45)46)30-28(34)22-14-20(48(38,39)40)8-10-24(22)32;/h1-14,31-32H,(H,29,33)(H,30,34)(H,35,36,37)(H,38,39,40)(H,41,42,43)(H,44,45,46);/q;+1/b2-1+;. The second-order valence-electron chi connectivity index (χ2n) is 10.0. The SMILES string of the molecule is O=C(Nc1ccc(/C=C/c2ccc(NC(=O)c3cc(S(=O)(=O)O)ccc3O)cc2S(=O)(=O)O)c(S(=O)(=O)O)c1)c1cc(S(=O)(=O)O)ccc1O.[Na+]. The van der Waals surface area contributed by atoms with Gasteiger partial charge in [-0.25, -0.2) is 0 Å². The van der Waals surface area contributed by atoms with Gasteiger partial charge in [0.2, 0.25) is 0 Å². The van der Waals surface area contributed by atoms with Crippen LogP contribution in [0.2, 0.25) is 0 Å². The maximum absolute atomic E-state index is 12.7. The number of hydrogen-bond donors (Lipinski definition) is 8. The summed E-state index contributed by atoms with van der Waals surface area (Å²) in [4.78, 5) is 22.3. The van der Waals surface area contributed by atoms with E-state index < -0.39 is 94.5 Å². The Balaban J connectivity index is 0.00000702. The van der Waals surface area contributed by atoms with Crippen LogP contribution in [0.3, 0.4) is 0 Å². The van der Waals surface area contributed by atoms with Crippen LogP contribution in [0, 0.1) is 0 Å². The average Bonchev–Trinajstić information content (AvgIpc) is 2.99. The zero-order valence-electron chi connectivity index (χ0n) is 25.5. The van der Waals surface area contributed by atoms with Crippen molar-refractivity contribution in [1.82, 2.24) is 0 Å². The molecule has 0 atom stereocenters. The topological polar surface area (TPSA) is 316 Å². The smallest absolute Gasteiger partial charge is 0.507 e. The number of nitrogens with one attached hydrogen (secondary N) is 2. The van der Waals surface area contributed by atoms with E-state index in [-0.39, 0.29) is 52.1 Å². The molecule has 264 valence electrons. The van der Waals surface area contributed by atoms with E-state index in [1.807, 2.05) is 0 Å². The van der Waals surface area contributed by atoms with Crippen molar-refractivity contribution in [3.8, 4) is 11.5 Å². The third-order valence-electron chi connectivity index (χ3n) is 6.56. The molecular formula is C28H22N2NaO16S4+. The van der Waals surface area contributed by atoms with E-state index in [2.05, 4.69) is 10.6 Å². The number of amides is 2. The van der Waals surface area contributed by atoms with Gasteiger partial charge >= 0.3 is 29.6 Å². The third-order valence-corrected chi connectivity index (χ3v) is 10.1. The summed E-state index contributed by atoms with van der Waals surface area (Å²) < 4.78 is 133. The monoisotopic (exact) mass is 793 g/mol. The molecule has 0 aromatic heterocycles. The molecule has 0 unspecified atom stereocenters. The van der Waals surface area contributed by atoms with E-state index in [0.717, 1.165) is 72.8 Å². The van der Waals surface area contributed by atoms with Gasteiger partial charge in [-0.15, -0.1) is 0 Å². The van der Waals surface area contributed by atoms with Crippen LogP contribution in [0.4, 0.5) is 11.4 Å². The Bertz CT molecular complexity index is 2380. The largest absolute Gasteiger partial charge is 1.00 e. The Labute approximate surface area is 311 Å². The number of benzene rings is 4. The minimum Gasteiger partial charge on any atom is -0.507 e. The molecule has 4 aromatic rings. The molecule has 0 fully saturated rings. The molecule has 0 aliphatic carbocycles. The first-order chi connectivity index (χ1) is 22.9. The summed E-state index contributed by atoms with van der Waals surface area (Å²) in [6.45, 7) is 0. The first-order valence-corrected chi connectivity index (χ1v) is 18.9. The Morgan fingerprint density at radius 2 is 0.824 bits per heavy atom. The summed E-state index contributed by atoms with van der Waals surface area (Å²) in [5.41, 5.74) is -2.40. The van der Waals surface area contributed by atoms with E-state index >= 15 is 0 Å². The van der Waals surface area contributed by atoms with Crippen molar-refractivity contribution in [3.05, 3.63) is 95.1 Å². The average molecular weight is 794 g/mol. The van der Waals surface area contributed by atoms with Crippen molar-refractivity contribution in [2.75, 3.05) is 10.6 Å². The zero-order chi connectivity index (χ0) is 37.4. The summed E-state index contributed by atoms with van der Waals surface area (Å²) >= 11 is 0. The van der Waals surface area contributed by atoms with E-state index in [4.69, 9.17) is 0 Å². The summed E-state index contributed by atoms with van der Waals surface area (Å²) in [7, 11) is -19.6. The van der Waals surface area contributed by atoms with Gasteiger partial charge in [0.1, 0.15) is 21.3 Å². The normalized spacial score (nSPS) is 12.2. The molecular weight excluding hydrogens is 772 g/mol. The second kappa shape index (κ2) is 15.2.